The van der Waals surface area contributed by atoms with Crippen LogP contribution in [0.15, 0.2) is 0 Å². The molecule has 0 heterocycles. The Morgan fingerprint density at radius 2 is 1.88 bits per heavy atom. The van der Waals surface area contributed by atoms with Crippen molar-refractivity contribution in [2.45, 2.75) is 32.2 Å². The average Bonchev–Trinajstić information content (AvgIpc) is 2.17. The highest BCUT2D eigenvalue weighted by molar-refractivity contribution is 5.79. The number of hydrogen-bond acceptors (Lipinski definition) is 4. The van der Waals surface area contributed by atoms with Crippen LogP contribution in [0.2, 0.25) is 0 Å². The van der Waals surface area contributed by atoms with E-state index in [1.165, 1.54) is 14.0 Å². The van der Waals surface area contributed by atoms with Crippen LogP contribution >= 0.6 is 0 Å². The normalized spacial score (nSPS) is 11.9. The Morgan fingerprint density at radius 3 is 2.31 bits per heavy atom. The first kappa shape index (κ1) is 14.6. The molecule has 0 bridgehead atoms. The van der Waals surface area contributed by atoms with Gasteiger partial charge in [0.05, 0.1) is 0 Å². The molecule has 0 aromatic carbocycles. The summed E-state index contributed by atoms with van der Waals surface area (Å²) >= 11 is 0. The third-order valence-corrected chi connectivity index (χ3v) is 2.11. The zero-order valence-corrected chi connectivity index (χ0v) is 9.58. The third kappa shape index (κ3) is 6.94. The van der Waals surface area contributed by atoms with Crippen LogP contribution in [0.4, 0.5) is 0 Å². The van der Waals surface area contributed by atoms with Crippen LogP contribution in [0.5, 0.6) is 0 Å². The molecule has 6 heteroatoms. The Hall–Kier alpha value is -1.43. The molecule has 0 aromatic rings. The SMILES string of the molecule is CN[C@@H](CCC(=O)NCCC(C)=O)C(=O)O. The summed E-state index contributed by atoms with van der Waals surface area (Å²) in [5, 5.41) is 13.8. The number of ketones is 1. The fourth-order valence-corrected chi connectivity index (χ4v) is 1.13. The molecular formula is C10H18N2O4. The molecule has 0 radical (unpaired) electrons. The van der Waals surface area contributed by atoms with Crippen molar-refractivity contribution in [1.29, 1.82) is 0 Å². The Bertz CT molecular complexity index is 266. The number of rotatable bonds is 8. The lowest BCUT2D eigenvalue weighted by Crippen LogP contribution is -2.35. The fourth-order valence-electron chi connectivity index (χ4n) is 1.13. The molecule has 0 rings (SSSR count). The highest BCUT2D eigenvalue weighted by atomic mass is 16.4. The van der Waals surface area contributed by atoms with E-state index < -0.39 is 12.0 Å². The van der Waals surface area contributed by atoms with Crippen LogP contribution < -0.4 is 10.6 Å². The Morgan fingerprint density at radius 1 is 1.25 bits per heavy atom. The second kappa shape index (κ2) is 7.81. The van der Waals surface area contributed by atoms with Gasteiger partial charge in [-0.25, -0.2) is 0 Å². The van der Waals surface area contributed by atoms with Gasteiger partial charge in [0, 0.05) is 19.4 Å². The highest BCUT2D eigenvalue weighted by Gasteiger charge is 2.15. The Labute approximate surface area is 94.4 Å². The number of nitrogens with one attached hydrogen (secondary N) is 2. The summed E-state index contributed by atoms with van der Waals surface area (Å²) in [6.07, 6.45) is 0.674. The van der Waals surface area contributed by atoms with Gasteiger partial charge in [-0.2, -0.15) is 0 Å². The van der Waals surface area contributed by atoms with Crippen molar-refractivity contribution in [2.24, 2.45) is 0 Å². The third-order valence-electron chi connectivity index (χ3n) is 2.11. The lowest BCUT2D eigenvalue weighted by atomic mass is 10.1. The molecule has 0 fully saturated rings. The predicted octanol–water partition coefficient (Wildman–Crippen LogP) is -0.465. The van der Waals surface area contributed by atoms with Crippen LogP contribution in [-0.4, -0.2) is 42.4 Å². The molecule has 0 aliphatic rings. The van der Waals surface area contributed by atoms with Crippen molar-refractivity contribution in [2.75, 3.05) is 13.6 Å². The quantitative estimate of drug-likeness (QED) is 0.524. The van der Waals surface area contributed by atoms with E-state index in [9.17, 15) is 14.4 Å². The highest BCUT2D eigenvalue weighted by Crippen LogP contribution is 1.97. The minimum Gasteiger partial charge on any atom is -0.480 e. The molecule has 0 spiro atoms. The zero-order chi connectivity index (χ0) is 12.6. The van der Waals surface area contributed by atoms with Crippen molar-refractivity contribution in [3.8, 4) is 0 Å². The maximum Gasteiger partial charge on any atom is 0.320 e. The minimum atomic E-state index is -0.973. The van der Waals surface area contributed by atoms with Gasteiger partial charge in [0.25, 0.3) is 0 Å². The van der Waals surface area contributed by atoms with Crippen molar-refractivity contribution in [3.63, 3.8) is 0 Å². The first-order valence-corrected chi connectivity index (χ1v) is 5.13. The van der Waals surface area contributed by atoms with Crippen molar-refractivity contribution in [3.05, 3.63) is 0 Å². The molecule has 16 heavy (non-hydrogen) atoms. The largest absolute Gasteiger partial charge is 0.480 e. The van der Waals surface area contributed by atoms with E-state index >= 15 is 0 Å². The Balaban J connectivity index is 3.71. The molecule has 0 unspecified atom stereocenters. The van der Waals surface area contributed by atoms with E-state index in [2.05, 4.69) is 10.6 Å². The van der Waals surface area contributed by atoms with Gasteiger partial charge in [-0.05, 0) is 20.4 Å². The van der Waals surface area contributed by atoms with Gasteiger partial charge in [-0.3, -0.25) is 14.4 Å². The number of aliphatic carboxylic acids is 1. The van der Waals surface area contributed by atoms with E-state index in [1.807, 2.05) is 0 Å². The molecule has 0 saturated carbocycles. The number of carboxylic acids is 1. The van der Waals surface area contributed by atoms with E-state index in [4.69, 9.17) is 5.11 Å². The van der Waals surface area contributed by atoms with Gasteiger partial charge >= 0.3 is 5.97 Å². The summed E-state index contributed by atoms with van der Waals surface area (Å²) in [4.78, 5) is 32.4. The van der Waals surface area contributed by atoms with Gasteiger partial charge in [0.15, 0.2) is 0 Å². The first-order valence-electron chi connectivity index (χ1n) is 5.13. The molecular weight excluding hydrogens is 212 g/mol. The number of hydrogen-bond donors (Lipinski definition) is 3. The number of carboxylic acid groups (broad SMARTS) is 1. The lowest BCUT2D eigenvalue weighted by molar-refractivity contribution is -0.139. The lowest BCUT2D eigenvalue weighted by Gasteiger charge is -2.10. The second-order valence-corrected chi connectivity index (χ2v) is 3.52. The standard InChI is InChI=1S/C10H18N2O4/c1-7(13)5-6-12-9(14)4-3-8(11-2)10(15)16/h8,11H,3-6H2,1-2H3,(H,12,14)(H,15,16)/t8-/m0/s1. The number of likely N-dealkylation sites (N-methyl/N-ethyl adjacent to an activating group) is 1. The molecule has 0 saturated heterocycles. The van der Waals surface area contributed by atoms with Crippen LogP contribution in [-0.2, 0) is 14.4 Å². The first-order chi connectivity index (χ1) is 7.47. The molecule has 1 atom stereocenters. The van der Waals surface area contributed by atoms with Gasteiger partial charge in [0.2, 0.25) is 5.91 Å². The van der Waals surface area contributed by atoms with Gasteiger partial charge in [0.1, 0.15) is 11.8 Å². The molecule has 92 valence electrons. The molecule has 6 nitrogen and oxygen atoms in total. The van der Waals surface area contributed by atoms with Crippen molar-refractivity contribution in [1.82, 2.24) is 10.6 Å². The minimum absolute atomic E-state index is 0.0129. The molecule has 0 aromatic heterocycles. The van der Waals surface area contributed by atoms with Crippen LogP contribution in [0, 0.1) is 0 Å². The summed E-state index contributed by atoms with van der Waals surface area (Å²) in [6.45, 7) is 1.76. The molecule has 0 aliphatic carbocycles. The Kier molecular flexibility index (Phi) is 7.11. The summed E-state index contributed by atoms with van der Waals surface area (Å²) in [7, 11) is 1.53. The number of Topliss-reactive ketones (excluding diaryl/α,β-unsaturated/α-hetero) is 1. The van der Waals surface area contributed by atoms with E-state index in [0.29, 0.717) is 13.0 Å². The van der Waals surface area contributed by atoms with Gasteiger partial charge in [-0.1, -0.05) is 0 Å². The summed E-state index contributed by atoms with van der Waals surface area (Å²) in [5.41, 5.74) is 0. The number of carbonyl (C=O) groups is 3. The number of carbonyl (C=O) groups excluding carboxylic acids is 2. The van der Waals surface area contributed by atoms with Crippen LogP contribution in [0.25, 0.3) is 0 Å². The average molecular weight is 230 g/mol. The summed E-state index contributed by atoms with van der Waals surface area (Å²) < 4.78 is 0. The topological polar surface area (TPSA) is 95.5 Å². The van der Waals surface area contributed by atoms with Crippen molar-refractivity contribution >= 4 is 17.7 Å². The van der Waals surface area contributed by atoms with E-state index in [0.717, 1.165) is 0 Å². The fraction of sp³-hybridized carbons (Fsp3) is 0.700. The maximum atomic E-state index is 11.2. The summed E-state index contributed by atoms with van der Waals surface area (Å²) in [6, 6.07) is -0.710. The molecule has 3 N–H and O–H groups in total. The maximum absolute atomic E-state index is 11.2. The van der Waals surface area contributed by atoms with Gasteiger partial charge < -0.3 is 15.7 Å². The van der Waals surface area contributed by atoms with Gasteiger partial charge in [-0.15, -0.1) is 0 Å². The second-order valence-electron chi connectivity index (χ2n) is 3.52. The van der Waals surface area contributed by atoms with E-state index in [1.54, 1.807) is 0 Å². The van der Waals surface area contributed by atoms with Crippen LogP contribution in [0.3, 0.4) is 0 Å². The number of amides is 1. The zero-order valence-electron chi connectivity index (χ0n) is 9.58. The van der Waals surface area contributed by atoms with E-state index in [-0.39, 0.29) is 24.5 Å². The molecule has 0 aliphatic heterocycles. The summed E-state index contributed by atoms with van der Waals surface area (Å²) in [5.74, 6) is -1.19. The molecule has 1 amide bonds. The predicted molar refractivity (Wildman–Crippen MR) is 58.0 cm³/mol. The smallest absolute Gasteiger partial charge is 0.320 e. The van der Waals surface area contributed by atoms with Crippen molar-refractivity contribution < 1.29 is 19.5 Å². The van der Waals surface area contributed by atoms with Crippen LogP contribution in [0.1, 0.15) is 26.2 Å². The monoisotopic (exact) mass is 230 g/mol.